The topological polar surface area (TPSA) is 12.5 Å². The van der Waals surface area contributed by atoms with Gasteiger partial charge in [-0.3, -0.25) is 0 Å². The van der Waals surface area contributed by atoms with E-state index in [2.05, 4.69) is 58.0 Å². The fourth-order valence-electron chi connectivity index (χ4n) is 1.94. The molecule has 0 unspecified atom stereocenters. The lowest BCUT2D eigenvalue weighted by Gasteiger charge is -2.27. The zero-order valence-corrected chi connectivity index (χ0v) is 11.6. The summed E-state index contributed by atoms with van der Waals surface area (Å²) in [5, 5.41) is 0. The van der Waals surface area contributed by atoms with Crippen LogP contribution in [0.25, 0.3) is 0 Å². The van der Waals surface area contributed by atoms with Crippen LogP contribution in [0.4, 0.5) is 5.69 Å². The fourth-order valence-corrected chi connectivity index (χ4v) is 1.94. The van der Waals surface area contributed by atoms with Crippen molar-refractivity contribution < 1.29 is 4.74 Å². The molecule has 1 aromatic rings. The second-order valence-corrected chi connectivity index (χ2v) is 6.12. The lowest BCUT2D eigenvalue weighted by molar-refractivity contribution is 0.295. The lowest BCUT2D eigenvalue weighted by Crippen LogP contribution is -2.18. The molecule has 1 aliphatic rings. The van der Waals surface area contributed by atoms with Crippen molar-refractivity contribution in [3.8, 4) is 5.75 Å². The Bertz CT molecular complexity index is 400. The van der Waals surface area contributed by atoms with Gasteiger partial charge in [-0.15, -0.1) is 0 Å². The molecule has 0 atom stereocenters. The van der Waals surface area contributed by atoms with Gasteiger partial charge in [0.15, 0.2) is 0 Å². The first-order valence-electron chi connectivity index (χ1n) is 6.37. The van der Waals surface area contributed by atoms with Crippen molar-refractivity contribution in [3.63, 3.8) is 0 Å². The molecule has 0 saturated heterocycles. The van der Waals surface area contributed by atoms with Crippen LogP contribution in [0.1, 0.15) is 39.2 Å². The number of para-hydroxylation sites is 1. The molecular formula is C15H23NO. The van der Waals surface area contributed by atoms with Gasteiger partial charge in [-0.2, -0.15) is 0 Å². The monoisotopic (exact) mass is 233 g/mol. The highest BCUT2D eigenvalue weighted by molar-refractivity contribution is 5.62. The average molecular weight is 233 g/mol. The van der Waals surface area contributed by atoms with Gasteiger partial charge < -0.3 is 9.64 Å². The average Bonchev–Trinajstić information content (AvgIpc) is 3.00. The van der Waals surface area contributed by atoms with Crippen molar-refractivity contribution in [3.05, 3.63) is 23.8 Å². The maximum atomic E-state index is 6.13. The number of anilines is 1. The summed E-state index contributed by atoms with van der Waals surface area (Å²) in [5.74, 6) is 1.08. The third-order valence-corrected chi connectivity index (χ3v) is 3.09. The quantitative estimate of drug-likeness (QED) is 0.791. The van der Waals surface area contributed by atoms with E-state index in [0.29, 0.717) is 6.10 Å². The van der Waals surface area contributed by atoms with Gasteiger partial charge >= 0.3 is 0 Å². The Balaban J connectivity index is 2.45. The molecule has 2 rings (SSSR count). The molecule has 1 saturated carbocycles. The number of hydrogen-bond donors (Lipinski definition) is 0. The third kappa shape index (κ3) is 2.74. The summed E-state index contributed by atoms with van der Waals surface area (Å²) < 4.78 is 6.13. The second-order valence-electron chi connectivity index (χ2n) is 6.12. The number of hydrogen-bond acceptors (Lipinski definition) is 2. The number of rotatable bonds is 3. The van der Waals surface area contributed by atoms with E-state index in [1.54, 1.807) is 0 Å². The van der Waals surface area contributed by atoms with E-state index >= 15 is 0 Å². The predicted molar refractivity (Wildman–Crippen MR) is 73.1 cm³/mol. The van der Waals surface area contributed by atoms with Crippen molar-refractivity contribution >= 4 is 5.69 Å². The van der Waals surface area contributed by atoms with Gasteiger partial charge in [0, 0.05) is 19.7 Å². The van der Waals surface area contributed by atoms with Crippen LogP contribution in [0.3, 0.4) is 0 Å². The van der Waals surface area contributed by atoms with Crippen LogP contribution in [0.2, 0.25) is 0 Å². The van der Waals surface area contributed by atoms with Crippen molar-refractivity contribution in [2.24, 2.45) is 0 Å². The number of ether oxygens (including phenoxy) is 1. The van der Waals surface area contributed by atoms with Gasteiger partial charge in [0.05, 0.1) is 11.8 Å². The Morgan fingerprint density at radius 1 is 1.18 bits per heavy atom. The van der Waals surface area contributed by atoms with Gasteiger partial charge in [0.2, 0.25) is 0 Å². The molecule has 1 aliphatic carbocycles. The van der Waals surface area contributed by atoms with Gasteiger partial charge in [-0.25, -0.2) is 0 Å². The molecule has 0 radical (unpaired) electrons. The molecule has 0 amide bonds. The van der Waals surface area contributed by atoms with Crippen molar-refractivity contribution in [2.75, 3.05) is 19.0 Å². The Kier molecular flexibility index (Phi) is 3.07. The van der Waals surface area contributed by atoms with Crippen molar-refractivity contribution in [2.45, 2.75) is 45.1 Å². The third-order valence-electron chi connectivity index (χ3n) is 3.09. The van der Waals surface area contributed by atoms with E-state index < -0.39 is 0 Å². The predicted octanol–water partition coefficient (Wildman–Crippen LogP) is 3.59. The van der Waals surface area contributed by atoms with Gasteiger partial charge in [0.25, 0.3) is 0 Å². The summed E-state index contributed by atoms with van der Waals surface area (Å²) in [5.41, 5.74) is 2.61. The lowest BCUT2D eigenvalue weighted by atomic mass is 9.86. The first-order chi connectivity index (χ1) is 7.89. The largest absolute Gasteiger partial charge is 0.488 e. The Morgan fingerprint density at radius 3 is 2.29 bits per heavy atom. The molecule has 0 bridgehead atoms. The maximum Gasteiger partial charge on any atom is 0.146 e. The van der Waals surface area contributed by atoms with E-state index in [-0.39, 0.29) is 5.41 Å². The molecule has 1 fully saturated rings. The van der Waals surface area contributed by atoms with Crippen LogP contribution < -0.4 is 9.64 Å². The summed E-state index contributed by atoms with van der Waals surface area (Å²) in [7, 11) is 4.14. The van der Waals surface area contributed by atoms with Crippen LogP contribution in [0, 0.1) is 0 Å². The van der Waals surface area contributed by atoms with E-state index in [9.17, 15) is 0 Å². The SMILES string of the molecule is CN(C)c1cccc(C(C)(C)C)c1OC1CC1. The Hall–Kier alpha value is -1.18. The summed E-state index contributed by atoms with van der Waals surface area (Å²) in [6.45, 7) is 6.71. The normalized spacial score (nSPS) is 15.8. The molecule has 0 spiro atoms. The molecule has 94 valence electrons. The standard InChI is InChI=1S/C15H23NO/c1-15(2,3)12-7-6-8-13(16(4)5)14(12)17-11-9-10-11/h6-8,11H,9-10H2,1-5H3. The van der Waals surface area contributed by atoms with Crippen molar-refractivity contribution in [1.82, 2.24) is 0 Å². The maximum absolute atomic E-state index is 6.13. The van der Waals surface area contributed by atoms with E-state index in [0.717, 1.165) is 5.75 Å². The van der Waals surface area contributed by atoms with Gasteiger partial charge in [-0.05, 0) is 24.3 Å². The van der Waals surface area contributed by atoms with Crippen LogP contribution in [-0.2, 0) is 5.41 Å². The highest BCUT2D eigenvalue weighted by atomic mass is 16.5. The second kappa shape index (κ2) is 4.25. The zero-order valence-electron chi connectivity index (χ0n) is 11.6. The Labute approximate surface area is 105 Å². The molecule has 1 aromatic carbocycles. The van der Waals surface area contributed by atoms with Crippen LogP contribution in [0.15, 0.2) is 18.2 Å². The van der Waals surface area contributed by atoms with E-state index in [1.165, 1.54) is 24.1 Å². The fraction of sp³-hybridized carbons (Fsp3) is 0.600. The molecule has 0 aliphatic heterocycles. The highest BCUT2D eigenvalue weighted by Crippen LogP contribution is 2.41. The van der Waals surface area contributed by atoms with E-state index in [1.807, 2.05) is 0 Å². The summed E-state index contributed by atoms with van der Waals surface area (Å²) in [6.07, 6.45) is 2.84. The Morgan fingerprint density at radius 2 is 1.82 bits per heavy atom. The van der Waals surface area contributed by atoms with Crippen molar-refractivity contribution in [1.29, 1.82) is 0 Å². The minimum absolute atomic E-state index is 0.121. The highest BCUT2D eigenvalue weighted by Gasteiger charge is 2.29. The first-order valence-corrected chi connectivity index (χ1v) is 6.37. The smallest absolute Gasteiger partial charge is 0.146 e. The molecular weight excluding hydrogens is 210 g/mol. The summed E-state index contributed by atoms with van der Waals surface area (Å²) in [4.78, 5) is 2.13. The molecule has 0 heterocycles. The van der Waals surface area contributed by atoms with Gasteiger partial charge in [0.1, 0.15) is 5.75 Å². The number of nitrogens with zero attached hydrogens (tertiary/aromatic N) is 1. The zero-order chi connectivity index (χ0) is 12.6. The first kappa shape index (κ1) is 12.3. The number of benzene rings is 1. The molecule has 2 nitrogen and oxygen atoms in total. The minimum Gasteiger partial charge on any atom is -0.488 e. The molecule has 0 N–H and O–H groups in total. The molecule has 2 heteroatoms. The van der Waals surface area contributed by atoms with E-state index in [4.69, 9.17) is 4.74 Å². The summed E-state index contributed by atoms with van der Waals surface area (Å²) >= 11 is 0. The van der Waals surface area contributed by atoms with Crippen LogP contribution in [0.5, 0.6) is 5.75 Å². The minimum atomic E-state index is 0.121. The molecule has 0 aromatic heterocycles. The van der Waals surface area contributed by atoms with Crippen LogP contribution in [-0.4, -0.2) is 20.2 Å². The summed E-state index contributed by atoms with van der Waals surface area (Å²) in [6, 6.07) is 6.44. The van der Waals surface area contributed by atoms with Gasteiger partial charge in [-0.1, -0.05) is 32.9 Å². The molecule has 17 heavy (non-hydrogen) atoms. The van der Waals surface area contributed by atoms with Crippen LogP contribution >= 0.6 is 0 Å².